The van der Waals surface area contributed by atoms with Crippen LogP contribution in [0.4, 0.5) is 13.2 Å². The first-order valence-electron chi connectivity index (χ1n) is 5.40. The summed E-state index contributed by atoms with van der Waals surface area (Å²) in [6.07, 6.45) is -4.79. The molecule has 0 aliphatic rings. The van der Waals surface area contributed by atoms with E-state index in [2.05, 4.69) is 0 Å². The van der Waals surface area contributed by atoms with Gasteiger partial charge in [0.15, 0.2) is 0 Å². The van der Waals surface area contributed by atoms with Crippen LogP contribution in [0.1, 0.15) is 40.9 Å². The van der Waals surface area contributed by atoms with Crippen molar-refractivity contribution in [1.29, 1.82) is 0 Å². The lowest BCUT2D eigenvalue weighted by Gasteiger charge is -2.31. The summed E-state index contributed by atoms with van der Waals surface area (Å²) in [6.45, 7) is 3.70. The van der Waals surface area contributed by atoms with Crippen molar-refractivity contribution in [3.8, 4) is 0 Å². The first-order chi connectivity index (χ1) is 8.89. The molecule has 0 aliphatic heterocycles. The lowest BCUT2D eigenvalue weighted by molar-refractivity contribution is -0.138. The van der Waals surface area contributed by atoms with E-state index in [4.69, 9.17) is 11.6 Å². The van der Waals surface area contributed by atoms with Gasteiger partial charge in [0, 0.05) is 5.56 Å². The average Bonchev–Trinajstić information content (AvgIpc) is 2.26. The molecule has 1 aromatic rings. The molecule has 1 aromatic carbocycles. The van der Waals surface area contributed by atoms with Crippen LogP contribution in [0.25, 0.3) is 0 Å². The first-order valence-corrected chi connectivity index (χ1v) is 6.86. The van der Waals surface area contributed by atoms with Gasteiger partial charge in [-0.25, -0.2) is 0 Å². The highest BCUT2D eigenvalue weighted by molar-refractivity contribution is 7.80. The van der Waals surface area contributed by atoms with Gasteiger partial charge >= 0.3 is 6.18 Å². The molecule has 0 amide bonds. The molecule has 0 aromatic heterocycles. The molecule has 8 heteroatoms. The zero-order valence-electron chi connectivity index (χ0n) is 10.8. The van der Waals surface area contributed by atoms with E-state index in [-0.39, 0.29) is 11.1 Å². The molecular weight excluding hydrogens is 317 g/mol. The summed E-state index contributed by atoms with van der Waals surface area (Å²) >= 11 is 2.47. The largest absolute Gasteiger partial charge is 0.772 e. The second-order valence-corrected chi connectivity index (χ2v) is 6.56. The molecule has 1 atom stereocenters. The summed E-state index contributed by atoms with van der Waals surface area (Å²) in [4.78, 5) is 11.1. The van der Waals surface area contributed by atoms with Crippen LogP contribution < -0.4 is 0 Å². The molecule has 112 valence electrons. The molecule has 0 heterocycles. The maximum atomic E-state index is 13.1. The van der Waals surface area contributed by atoms with Crippen molar-refractivity contribution in [2.45, 2.75) is 31.7 Å². The average molecular weight is 328 g/mol. The Hall–Kier alpha value is -0.920. The second kappa shape index (κ2) is 5.46. The van der Waals surface area contributed by atoms with E-state index in [1.54, 1.807) is 0 Å². The molecule has 0 saturated carbocycles. The van der Waals surface area contributed by atoms with Crippen LogP contribution in [0.5, 0.6) is 0 Å². The number of carbonyl (C=O) groups is 1. The molecule has 20 heavy (non-hydrogen) atoms. The second-order valence-electron chi connectivity index (χ2n) is 4.73. The van der Waals surface area contributed by atoms with Crippen LogP contribution in [0.15, 0.2) is 12.1 Å². The van der Waals surface area contributed by atoms with Crippen LogP contribution in [0, 0.1) is 6.92 Å². The van der Waals surface area contributed by atoms with Crippen molar-refractivity contribution in [1.82, 2.24) is 0 Å². The highest BCUT2D eigenvalue weighted by Gasteiger charge is 2.39. The quantitative estimate of drug-likeness (QED) is 0.630. The van der Waals surface area contributed by atoms with Crippen LogP contribution in [0.3, 0.4) is 0 Å². The van der Waals surface area contributed by atoms with Crippen molar-refractivity contribution in [2.24, 2.45) is 0 Å². The molecule has 1 unspecified atom stereocenters. The Morgan fingerprint density at radius 2 is 1.75 bits per heavy atom. The molecule has 0 aliphatic carbocycles. The fraction of sp³-hybridized carbons (Fsp3) is 0.417. The standard InChI is InChI=1S/C12H12ClF3O3S/c1-6-4-8(11(2,3)20(18)19)9(12(14,15)16)5-7(6)10(13)17/h4-5H,1-3H3,(H,18,19)/p-1. The maximum absolute atomic E-state index is 13.1. The molecule has 0 radical (unpaired) electrons. The predicted octanol–water partition coefficient (Wildman–Crippen LogP) is 3.51. The highest BCUT2D eigenvalue weighted by Crippen LogP contribution is 2.40. The summed E-state index contributed by atoms with van der Waals surface area (Å²) in [5.41, 5.74) is -1.71. The summed E-state index contributed by atoms with van der Waals surface area (Å²) in [5.74, 6) is 0. The number of halogens is 4. The number of rotatable bonds is 3. The van der Waals surface area contributed by atoms with Crippen molar-refractivity contribution < 1.29 is 26.7 Å². The van der Waals surface area contributed by atoms with E-state index in [0.717, 1.165) is 19.9 Å². The first kappa shape index (κ1) is 17.1. The monoisotopic (exact) mass is 327 g/mol. The Kier molecular flexibility index (Phi) is 4.68. The van der Waals surface area contributed by atoms with Crippen molar-refractivity contribution in [3.05, 3.63) is 34.4 Å². The summed E-state index contributed by atoms with van der Waals surface area (Å²) < 4.78 is 59.8. The predicted molar refractivity (Wildman–Crippen MR) is 68.3 cm³/mol. The topological polar surface area (TPSA) is 57.2 Å². The van der Waals surface area contributed by atoms with Gasteiger partial charge in [-0.05, 0) is 60.6 Å². The molecule has 1 rings (SSSR count). The van der Waals surface area contributed by atoms with Crippen molar-refractivity contribution in [3.63, 3.8) is 0 Å². The Morgan fingerprint density at radius 3 is 2.10 bits per heavy atom. The van der Waals surface area contributed by atoms with Gasteiger partial charge in [-0.2, -0.15) is 13.2 Å². The minimum Gasteiger partial charge on any atom is -0.772 e. The van der Waals surface area contributed by atoms with Gasteiger partial charge in [0.1, 0.15) is 0 Å². The van der Waals surface area contributed by atoms with Crippen LogP contribution >= 0.6 is 11.6 Å². The number of carbonyl (C=O) groups excluding carboxylic acids is 1. The third-order valence-electron chi connectivity index (χ3n) is 2.95. The number of benzene rings is 1. The van der Waals surface area contributed by atoms with Gasteiger partial charge in [-0.15, -0.1) is 0 Å². The molecule has 0 N–H and O–H groups in total. The van der Waals surface area contributed by atoms with Crippen molar-refractivity contribution in [2.75, 3.05) is 0 Å². The third-order valence-corrected chi connectivity index (χ3v) is 4.20. The fourth-order valence-corrected chi connectivity index (χ4v) is 2.29. The highest BCUT2D eigenvalue weighted by atomic mass is 35.5. The van der Waals surface area contributed by atoms with Gasteiger partial charge in [-0.1, -0.05) is 6.07 Å². The lowest BCUT2D eigenvalue weighted by Crippen LogP contribution is -2.28. The van der Waals surface area contributed by atoms with Gasteiger partial charge in [0.25, 0.3) is 5.24 Å². The molecule has 0 saturated heterocycles. The fourth-order valence-electron chi connectivity index (χ4n) is 1.74. The maximum Gasteiger partial charge on any atom is 0.416 e. The number of alkyl halides is 3. The number of hydrogen-bond donors (Lipinski definition) is 0. The minimum atomic E-state index is -4.79. The van der Waals surface area contributed by atoms with E-state index in [1.807, 2.05) is 0 Å². The summed E-state index contributed by atoms with van der Waals surface area (Å²) in [5, 5.41) is -1.03. The Balaban J connectivity index is 3.73. The van der Waals surface area contributed by atoms with Gasteiger partial charge in [-0.3, -0.25) is 9.00 Å². The van der Waals surface area contributed by atoms with Gasteiger partial charge < -0.3 is 4.55 Å². The van der Waals surface area contributed by atoms with Crippen LogP contribution in [-0.4, -0.2) is 14.0 Å². The van der Waals surface area contributed by atoms with Crippen LogP contribution in [0.2, 0.25) is 0 Å². The Morgan fingerprint density at radius 1 is 1.25 bits per heavy atom. The smallest absolute Gasteiger partial charge is 0.416 e. The third kappa shape index (κ3) is 3.21. The Labute approximate surface area is 121 Å². The van der Waals surface area contributed by atoms with Crippen molar-refractivity contribution >= 4 is 27.9 Å². The zero-order chi connectivity index (χ0) is 15.9. The summed E-state index contributed by atoms with van der Waals surface area (Å²) in [6, 6.07) is 1.63. The van der Waals surface area contributed by atoms with Gasteiger partial charge in [0.2, 0.25) is 0 Å². The van der Waals surface area contributed by atoms with E-state index < -0.39 is 38.4 Å². The zero-order valence-corrected chi connectivity index (χ0v) is 12.4. The molecule has 0 fully saturated rings. The number of aryl methyl sites for hydroxylation is 1. The summed E-state index contributed by atoms with van der Waals surface area (Å²) in [7, 11) is 0. The normalized spacial score (nSPS) is 14.2. The molecule has 0 spiro atoms. The van der Waals surface area contributed by atoms with Crippen LogP contribution in [-0.2, 0) is 22.0 Å². The Bertz CT molecular complexity index is 582. The van der Waals surface area contributed by atoms with E-state index in [1.165, 1.54) is 6.92 Å². The molecule has 0 bridgehead atoms. The van der Waals surface area contributed by atoms with E-state index >= 15 is 0 Å². The number of hydrogen-bond acceptors (Lipinski definition) is 3. The van der Waals surface area contributed by atoms with E-state index in [9.17, 15) is 26.7 Å². The van der Waals surface area contributed by atoms with E-state index in [0.29, 0.717) is 6.07 Å². The van der Waals surface area contributed by atoms with Gasteiger partial charge in [0.05, 0.1) is 10.3 Å². The minimum absolute atomic E-state index is 0.187. The SMILES string of the molecule is Cc1cc(C(C)(C)S(=O)[O-])c(C(F)(F)F)cc1C(=O)Cl. The molecule has 3 nitrogen and oxygen atoms in total. The molecular formula is C12H11ClF3O3S-. The lowest BCUT2D eigenvalue weighted by atomic mass is 9.91.